The number of likely N-dealkylation sites (N-methyl/N-ethyl adjacent to an activating group) is 1. The minimum atomic E-state index is -0.429. The van der Waals surface area contributed by atoms with Crippen molar-refractivity contribution in [2.75, 3.05) is 13.6 Å². The molecule has 0 radical (unpaired) electrons. The van der Waals surface area contributed by atoms with Gasteiger partial charge in [0.05, 0.1) is 5.56 Å². The third-order valence-corrected chi connectivity index (χ3v) is 3.20. The Morgan fingerprint density at radius 3 is 2.78 bits per heavy atom. The first kappa shape index (κ1) is 12.4. The maximum atomic E-state index is 12.3. The van der Waals surface area contributed by atoms with Crippen LogP contribution in [0.25, 0.3) is 0 Å². The van der Waals surface area contributed by atoms with Gasteiger partial charge in [-0.2, -0.15) is 0 Å². The van der Waals surface area contributed by atoms with Gasteiger partial charge in [-0.05, 0) is 25.0 Å². The Bertz CT molecular complexity index is 473. The highest BCUT2D eigenvalue weighted by atomic mass is 16.3. The van der Waals surface area contributed by atoms with Crippen LogP contribution in [-0.2, 0) is 4.79 Å². The van der Waals surface area contributed by atoms with E-state index in [2.05, 4.69) is 5.32 Å². The van der Waals surface area contributed by atoms with Crippen LogP contribution in [0.2, 0.25) is 0 Å². The molecule has 5 nitrogen and oxygen atoms in total. The fourth-order valence-electron chi connectivity index (χ4n) is 2.26. The lowest BCUT2D eigenvalue weighted by atomic mass is 10.1. The standard InChI is InChI=1S/C13H16N2O3/c1-14-12(17)10-6-4-8-15(10)13(18)9-5-2-3-7-11(9)16/h2-3,5,7,10,16H,4,6,8H2,1H3,(H,14,17)/t10-/m0/s1. The zero-order valence-electron chi connectivity index (χ0n) is 10.2. The topological polar surface area (TPSA) is 69.6 Å². The molecule has 18 heavy (non-hydrogen) atoms. The van der Waals surface area contributed by atoms with Crippen molar-refractivity contribution in [2.24, 2.45) is 0 Å². The average Bonchev–Trinajstić information content (AvgIpc) is 2.86. The summed E-state index contributed by atoms with van der Waals surface area (Å²) in [4.78, 5) is 25.5. The smallest absolute Gasteiger partial charge is 0.258 e. The zero-order chi connectivity index (χ0) is 13.1. The van der Waals surface area contributed by atoms with E-state index in [1.807, 2.05) is 0 Å². The van der Waals surface area contributed by atoms with Crippen LogP contribution in [-0.4, -0.2) is 41.5 Å². The number of hydrogen-bond acceptors (Lipinski definition) is 3. The summed E-state index contributed by atoms with van der Waals surface area (Å²) in [5, 5.41) is 12.2. The summed E-state index contributed by atoms with van der Waals surface area (Å²) in [7, 11) is 1.56. The fraction of sp³-hybridized carbons (Fsp3) is 0.385. The number of amides is 2. The summed E-state index contributed by atoms with van der Waals surface area (Å²) in [5.41, 5.74) is 0.244. The first-order valence-corrected chi connectivity index (χ1v) is 5.95. The maximum absolute atomic E-state index is 12.3. The number of nitrogens with zero attached hydrogens (tertiary/aromatic N) is 1. The molecular formula is C13H16N2O3. The van der Waals surface area contributed by atoms with Crippen molar-refractivity contribution in [3.05, 3.63) is 29.8 Å². The van der Waals surface area contributed by atoms with E-state index >= 15 is 0 Å². The predicted molar refractivity (Wildman–Crippen MR) is 66.2 cm³/mol. The molecular weight excluding hydrogens is 232 g/mol. The van der Waals surface area contributed by atoms with Gasteiger partial charge in [-0.15, -0.1) is 0 Å². The van der Waals surface area contributed by atoms with Crippen molar-refractivity contribution in [2.45, 2.75) is 18.9 Å². The van der Waals surface area contributed by atoms with Gasteiger partial charge in [0, 0.05) is 13.6 Å². The second kappa shape index (κ2) is 5.08. The predicted octanol–water partition coefficient (Wildman–Crippen LogP) is 0.743. The molecule has 1 aromatic rings. The minimum Gasteiger partial charge on any atom is -0.507 e. The van der Waals surface area contributed by atoms with Crippen LogP contribution in [0, 0.1) is 0 Å². The number of nitrogens with one attached hydrogen (secondary N) is 1. The fourth-order valence-corrected chi connectivity index (χ4v) is 2.26. The average molecular weight is 248 g/mol. The van der Waals surface area contributed by atoms with E-state index in [4.69, 9.17) is 0 Å². The van der Waals surface area contributed by atoms with Gasteiger partial charge in [0.1, 0.15) is 11.8 Å². The highest BCUT2D eigenvalue weighted by molar-refractivity contribution is 5.99. The Hall–Kier alpha value is -2.04. The normalized spacial score (nSPS) is 18.7. The summed E-state index contributed by atoms with van der Waals surface area (Å²) in [6, 6.07) is 5.96. The summed E-state index contributed by atoms with van der Waals surface area (Å²) >= 11 is 0. The molecule has 1 fully saturated rings. The first-order valence-electron chi connectivity index (χ1n) is 5.95. The van der Waals surface area contributed by atoms with Crippen molar-refractivity contribution < 1.29 is 14.7 Å². The quantitative estimate of drug-likeness (QED) is 0.811. The molecule has 5 heteroatoms. The van der Waals surface area contributed by atoms with E-state index in [0.29, 0.717) is 13.0 Å². The number of hydrogen-bond donors (Lipinski definition) is 2. The lowest BCUT2D eigenvalue weighted by Gasteiger charge is -2.23. The lowest BCUT2D eigenvalue weighted by Crippen LogP contribution is -2.44. The molecule has 1 aliphatic rings. The lowest BCUT2D eigenvalue weighted by molar-refractivity contribution is -0.124. The van der Waals surface area contributed by atoms with Crippen LogP contribution >= 0.6 is 0 Å². The van der Waals surface area contributed by atoms with Gasteiger partial charge in [-0.1, -0.05) is 12.1 Å². The van der Waals surface area contributed by atoms with Gasteiger partial charge in [0.25, 0.3) is 5.91 Å². The monoisotopic (exact) mass is 248 g/mol. The maximum Gasteiger partial charge on any atom is 0.258 e. The third kappa shape index (κ3) is 2.16. The van der Waals surface area contributed by atoms with Crippen LogP contribution in [0.3, 0.4) is 0 Å². The van der Waals surface area contributed by atoms with E-state index in [9.17, 15) is 14.7 Å². The summed E-state index contributed by atoms with van der Waals surface area (Å²) in [6.07, 6.45) is 1.47. The number of aromatic hydroxyl groups is 1. The van der Waals surface area contributed by atoms with Crippen molar-refractivity contribution in [1.29, 1.82) is 0 Å². The molecule has 0 bridgehead atoms. The molecule has 2 rings (SSSR count). The van der Waals surface area contributed by atoms with Crippen LogP contribution in [0.1, 0.15) is 23.2 Å². The van der Waals surface area contributed by atoms with Crippen molar-refractivity contribution in [1.82, 2.24) is 10.2 Å². The van der Waals surface area contributed by atoms with E-state index < -0.39 is 6.04 Å². The van der Waals surface area contributed by atoms with Gasteiger partial charge in [0.15, 0.2) is 0 Å². The number of phenolic OH excluding ortho intramolecular Hbond substituents is 1. The van der Waals surface area contributed by atoms with E-state index in [-0.39, 0.29) is 23.1 Å². The van der Waals surface area contributed by atoms with Gasteiger partial charge in [-0.3, -0.25) is 9.59 Å². The molecule has 0 aromatic heterocycles. The van der Waals surface area contributed by atoms with Crippen LogP contribution in [0.5, 0.6) is 5.75 Å². The van der Waals surface area contributed by atoms with Gasteiger partial charge < -0.3 is 15.3 Å². The molecule has 1 saturated heterocycles. The molecule has 1 heterocycles. The number of phenols is 1. The first-order chi connectivity index (χ1) is 8.65. The van der Waals surface area contributed by atoms with Gasteiger partial charge in [0.2, 0.25) is 5.91 Å². The summed E-state index contributed by atoms with van der Waals surface area (Å²) < 4.78 is 0. The molecule has 1 aliphatic heterocycles. The molecule has 0 saturated carbocycles. The number of rotatable bonds is 2. The van der Waals surface area contributed by atoms with Gasteiger partial charge in [-0.25, -0.2) is 0 Å². The molecule has 0 aliphatic carbocycles. The van der Waals surface area contributed by atoms with Crippen molar-refractivity contribution >= 4 is 11.8 Å². The van der Waals surface area contributed by atoms with Crippen molar-refractivity contribution in [3.8, 4) is 5.75 Å². The second-order valence-corrected chi connectivity index (χ2v) is 4.29. The molecule has 96 valence electrons. The van der Waals surface area contributed by atoms with E-state index in [1.165, 1.54) is 11.0 Å². The van der Waals surface area contributed by atoms with Crippen LogP contribution in [0.4, 0.5) is 0 Å². The number of carbonyl (C=O) groups is 2. The number of carbonyl (C=O) groups excluding carboxylic acids is 2. The molecule has 2 amide bonds. The third-order valence-electron chi connectivity index (χ3n) is 3.20. The van der Waals surface area contributed by atoms with Crippen LogP contribution in [0.15, 0.2) is 24.3 Å². The molecule has 0 unspecified atom stereocenters. The Morgan fingerprint density at radius 2 is 2.11 bits per heavy atom. The Balaban J connectivity index is 2.23. The highest BCUT2D eigenvalue weighted by Crippen LogP contribution is 2.24. The summed E-state index contributed by atoms with van der Waals surface area (Å²) in [6.45, 7) is 0.547. The largest absolute Gasteiger partial charge is 0.507 e. The molecule has 1 aromatic carbocycles. The van der Waals surface area contributed by atoms with E-state index in [0.717, 1.165) is 6.42 Å². The van der Waals surface area contributed by atoms with Crippen molar-refractivity contribution in [3.63, 3.8) is 0 Å². The highest BCUT2D eigenvalue weighted by Gasteiger charge is 2.34. The summed E-state index contributed by atoms with van der Waals surface area (Å²) in [5.74, 6) is -0.500. The Morgan fingerprint density at radius 1 is 1.39 bits per heavy atom. The van der Waals surface area contributed by atoms with Crippen LogP contribution < -0.4 is 5.32 Å². The van der Waals surface area contributed by atoms with Gasteiger partial charge >= 0.3 is 0 Å². The Labute approximate surface area is 105 Å². The number of benzene rings is 1. The Kier molecular flexibility index (Phi) is 3.50. The molecule has 2 N–H and O–H groups in total. The van der Waals surface area contributed by atoms with E-state index in [1.54, 1.807) is 25.2 Å². The SMILES string of the molecule is CNC(=O)[C@@H]1CCCN1C(=O)c1ccccc1O. The number of para-hydroxylation sites is 1. The second-order valence-electron chi connectivity index (χ2n) is 4.29. The minimum absolute atomic E-state index is 0.0509. The zero-order valence-corrected chi connectivity index (χ0v) is 10.2. The molecule has 0 spiro atoms. The molecule has 1 atom stereocenters. The number of likely N-dealkylation sites (tertiary alicyclic amines) is 1.